The fourth-order valence-corrected chi connectivity index (χ4v) is 2.49. The van der Waals surface area contributed by atoms with Crippen molar-refractivity contribution in [1.82, 2.24) is 5.32 Å². The Hall–Kier alpha value is -3.09. The Bertz CT molecular complexity index is 765. The van der Waals surface area contributed by atoms with Crippen molar-refractivity contribution in [3.05, 3.63) is 42.5 Å². The van der Waals surface area contributed by atoms with Crippen LogP contribution in [0.5, 0.6) is 23.0 Å². The minimum absolute atomic E-state index is 0.576. The minimum atomic E-state index is 0.576. The lowest BCUT2D eigenvalue weighted by Crippen LogP contribution is -2.30. The SMILES string of the molecule is CCNC(=NCCCOc1cccc(OC)c1)Nc1ccc(OC)c(OC)c1. The van der Waals surface area contributed by atoms with Crippen LogP contribution in [-0.4, -0.2) is 47.0 Å². The molecule has 0 saturated carbocycles. The smallest absolute Gasteiger partial charge is 0.195 e. The molecule has 0 fully saturated rings. The van der Waals surface area contributed by atoms with E-state index in [1.54, 1.807) is 21.3 Å². The van der Waals surface area contributed by atoms with Gasteiger partial charge in [0.25, 0.3) is 0 Å². The zero-order valence-corrected chi connectivity index (χ0v) is 17.0. The van der Waals surface area contributed by atoms with Crippen LogP contribution in [0.2, 0.25) is 0 Å². The van der Waals surface area contributed by atoms with E-state index in [4.69, 9.17) is 18.9 Å². The summed E-state index contributed by atoms with van der Waals surface area (Å²) in [6, 6.07) is 13.2. The summed E-state index contributed by atoms with van der Waals surface area (Å²) in [5.41, 5.74) is 0.866. The number of hydrogen-bond acceptors (Lipinski definition) is 5. The van der Waals surface area contributed by atoms with E-state index in [2.05, 4.69) is 15.6 Å². The molecular formula is C21H29N3O4. The predicted molar refractivity (Wildman–Crippen MR) is 112 cm³/mol. The molecule has 0 atom stereocenters. The highest BCUT2D eigenvalue weighted by Gasteiger charge is 2.06. The number of ether oxygens (including phenoxy) is 4. The Labute approximate surface area is 166 Å². The zero-order valence-electron chi connectivity index (χ0n) is 17.0. The highest BCUT2D eigenvalue weighted by Crippen LogP contribution is 2.29. The van der Waals surface area contributed by atoms with Crippen molar-refractivity contribution in [1.29, 1.82) is 0 Å². The molecule has 0 unspecified atom stereocenters. The lowest BCUT2D eigenvalue weighted by molar-refractivity contribution is 0.311. The second kappa shape index (κ2) is 11.6. The maximum atomic E-state index is 5.74. The van der Waals surface area contributed by atoms with Crippen LogP contribution in [0, 0.1) is 0 Å². The van der Waals surface area contributed by atoms with Gasteiger partial charge in [-0.05, 0) is 31.2 Å². The van der Waals surface area contributed by atoms with Crippen molar-refractivity contribution in [3.8, 4) is 23.0 Å². The molecule has 0 aromatic heterocycles. The molecule has 0 bridgehead atoms. The van der Waals surface area contributed by atoms with Gasteiger partial charge in [-0.25, -0.2) is 0 Å². The molecule has 7 nitrogen and oxygen atoms in total. The molecule has 2 aromatic rings. The Balaban J connectivity index is 1.87. The molecule has 0 spiro atoms. The van der Waals surface area contributed by atoms with Gasteiger partial charge in [0.2, 0.25) is 0 Å². The summed E-state index contributed by atoms with van der Waals surface area (Å²) >= 11 is 0. The van der Waals surface area contributed by atoms with E-state index < -0.39 is 0 Å². The number of benzene rings is 2. The molecule has 0 saturated heterocycles. The van der Waals surface area contributed by atoms with Gasteiger partial charge in [0.05, 0.1) is 27.9 Å². The van der Waals surface area contributed by atoms with Crippen molar-refractivity contribution >= 4 is 11.6 Å². The van der Waals surface area contributed by atoms with Crippen LogP contribution < -0.4 is 29.6 Å². The molecule has 2 aromatic carbocycles. The molecule has 28 heavy (non-hydrogen) atoms. The predicted octanol–water partition coefficient (Wildman–Crippen LogP) is 3.56. The fourth-order valence-electron chi connectivity index (χ4n) is 2.49. The van der Waals surface area contributed by atoms with Crippen LogP contribution in [0.3, 0.4) is 0 Å². The Morgan fingerprint density at radius 1 is 0.929 bits per heavy atom. The van der Waals surface area contributed by atoms with Crippen LogP contribution in [0.15, 0.2) is 47.5 Å². The van der Waals surface area contributed by atoms with Gasteiger partial charge < -0.3 is 29.6 Å². The number of anilines is 1. The third kappa shape index (κ3) is 6.57. The number of methoxy groups -OCH3 is 3. The molecule has 0 aliphatic rings. The molecule has 2 rings (SSSR count). The summed E-state index contributed by atoms with van der Waals surface area (Å²) in [7, 11) is 4.87. The van der Waals surface area contributed by atoms with E-state index >= 15 is 0 Å². The third-order valence-electron chi connectivity index (χ3n) is 3.87. The Morgan fingerprint density at radius 2 is 1.71 bits per heavy atom. The molecule has 7 heteroatoms. The molecule has 2 N–H and O–H groups in total. The first-order valence-electron chi connectivity index (χ1n) is 9.24. The summed E-state index contributed by atoms with van der Waals surface area (Å²) in [6.07, 6.45) is 0.791. The molecular weight excluding hydrogens is 358 g/mol. The summed E-state index contributed by atoms with van der Waals surface area (Å²) in [4.78, 5) is 4.59. The average molecular weight is 387 g/mol. The lowest BCUT2D eigenvalue weighted by Gasteiger charge is -2.14. The number of nitrogens with one attached hydrogen (secondary N) is 2. The van der Waals surface area contributed by atoms with Crippen LogP contribution in [0.1, 0.15) is 13.3 Å². The molecule has 0 aliphatic carbocycles. The van der Waals surface area contributed by atoms with Gasteiger partial charge in [-0.2, -0.15) is 0 Å². The topological polar surface area (TPSA) is 73.3 Å². The highest BCUT2D eigenvalue weighted by atomic mass is 16.5. The van der Waals surface area contributed by atoms with Crippen LogP contribution in [0.4, 0.5) is 5.69 Å². The van der Waals surface area contributed by atoms with E-state index in [1.165, 1.54) is 0 Å². The van der Waals surface area contributed by atoms with E-state index in [0.717, 1.165) is 30.2 Å². The summed E-state index contributed by atoms with van der Waals surface area (Å²) < 4.78 is 21.5. The minimum Gasteiger partial charge on any atom is -0.497 e. The van der Waals surface area contributed by atoms with Crippen molar-refractivity contribution < 1.29 is 18.9 Å². The molecule has 0 aliphatic heterocycles. The largest absolute Gasteiger partial charge is 0.497 e. The second-order valence-corrected chi connectivity index (χ2v) is 5.84. The first-order chi connectivity index (χ1) is 13.7. The van der Waals surface area contributed by atoms with Crippen molar-refractivity contribution in [2.24, 2.45) is 4.99 Å². The normalized spacial score (nSPS) is 10.9. The van der Waals surface area contributed by atoms with Crippen LogP contribution in [-0.2, 0) is 0 Å². The molecule has 0 radical (unpaired) electrons. The molecule has 0 heterocycles. The van der Waals surface area contributed by atoms with Gasteiger partial charge in [-0.1, -0.05) is 6.07 Å². The van der Waals surface area contributed by atoms with Gasteiger partial charge in [0.15, 0.2) is 17.5 Å². The second-order valence-electron chi connectivity index (χ2n) is 5.84. The third-order valence-corrected chi connectivity index (χ3v) is 3.87. The number of rotatable bonds is 10. The number of aliphatic imine (C=N–C) groups is 1. The summed E-state index contributed by atoms with van der Waals surface area (Å²) in [5.74, 6) is 3.62. The maximum Gasteiger partial charge on any atom is 0.195 e. The van der Waals surface area contributed by atoms with E-state index in [-0.39, 0.29) is 0 Å². The Morgan fingerprint density at radius 3 is 2.43 bits per heavy atom. The lowest BCUT2D eigenvalue weighted by atomic mass is 10.3. The molecule has 0 amide bonds. The van der Waals surface area contributed by atoms with Crippen LogP contribution in [0.25, 0.3) is 0 Å². The standard InChI is InChI=1S/C21H29N3O4/c1-5-22-21(24-16-10-11-19(26-3)20(14-16)27-4)23-12-7-13-28-18-9-6-8-17(15-18)25-2/h6,8-11,14-15H,5,7,12-13H2,1-4H3,(H2,22,23,24). The monoisotopic (exact) mass is 387 g/mol. The molecule has 152 valence electrons. The number of guanidine groups is 1. The Kier molecular flexibility index (Phi) is 8.78. The van der Waals surface area contributed by atoms with Crippen LogP contribution >= 0.6 is 0 Å². The maximum absolute atomic E-state index is 5.74. The van der Waals surface area contributed by atoms with E-state index in [0.29, 0.717) is 30.6 Å². The summed E-state index contributed by atoms with van der Waals surface area (Å²) in [5, 5.41) is 6.51. The van der Waals surface area contributed by atoms with E-state index in [1.807, 2.05) is 49.4 Å². The van der Waals surface area contributed by atoms with Gasteiger partial charge in [0, 0.05) is 37.3 Å². The van der Waals surface area contributed by atoms with Crippen molar-refractivity contribution in [2.45, 2.75) is 13.3 Å². The van der Waals surface area contributed by atoms with Crippen molar-refractivity contribution in [2.75, 3.05) is 46.3 Å². The van der Waals surface area contributed by atoms with Gasteiger partial charge >= 0.3 is 0 Å². The number of hydrogen-bond donors (Lipinski definition) is 2. The first-order valence-corrected chi connectivity index (χ1v) is 9.24. The quantitative estimate of drug-likeness (QED) is 0.369. The van der Waals surface area contributed by atoms with Gasteiger partial charge in [-0.15, -0.1) is 0 Å². The summed E-state index contributed by atoms with van der Waals surface area (Å²) in [6.45, 7) is 4.00. The van der Waals surface area contributed by atoms with Gasteiger partial charge in [-0.3, -0.25) is 4.99 Å². The first kappa shape index (κ1) is 21.2. The average Bonchev–Trinajstić information content (AvgIpc) is 2.73. The van der Waals surface area contributed by atoms with Gasteiger partial charge in [0.1, 0.15) is 11.5 Å². The van der Waals surface area contributed by atoms with Crippen molar-refractivity contribution in [3.63, 3.8) is 0 Å². The van der Waals surface area contributed by atoms with E-state index in [9.17, 15) is 0 Å². The fraction of sp³-hybridized carbons (Fsp3) is 0.381. The highest BCUT2D eigenvalue weighted by molar-refractivity contribution is 5.93. The zero-order chi connectivity index (χ0) is 20.2. The number of nitrogens with zero attached hydrogens (tertiary/aromatic N) is 1.